The van der Waals surface area contributed by atoms with Crippen molar-refractivity contribution in [2.24, 2.45) is 5.92 Å². The molecule has 5 rings (SSSR count). The molecule has 2 atom stereocenters. The molecule has 0 spiro atoms. The van der Waals surface area contributed by atoms with Crippen LogP contribution in [0.1, 0.15) is 52.9 Å². The lowest BCUT2D eigenvalue weighted by molar-refractivity contribution is 0.0925. The molecule has 1 saturated heterocycles. The second kappa shape index (κ2) is 9.71. The second-order valence-electron chi connectivity index (χ2n) is 9.32. The third kappa shape index (κ3) is 5.57. The number of rotatable bonds is 8. The smallest absolute Gasteiger partial charge is 0.272 e. The summed E-state index contributed by atoms with van der Waals surface area (Å²) in [6, 6.07) is 20.5. The molecule has 3 aromatic rings. The van der Waals surface area contributed by atoms with E-state index in [-0.39, 0.29) is 11.9 Å². The minimum atomic E-state index is -0.122. The molecular formula is C27H30N4O2. The van der Waals surface area contributed by atoms with Crippen molar-refractivity contribution in [3.63, 3.8) is 0 Å². The van der Waals surface area contributed by atoms with E-state index in [0.29, 0.717) is 24.1 Å². The standard InChI is InChI=1S/C27H30N4O2/c1-19-15-31(16-20-7-11-24(12-8-20)33-18-21-5-3-2-4-6-21)17-26(19)29-27(32)25-13-23(14-28-30-25)22-9-10-22/h2-8,11-14,19,22,26H,9-10,15-18H2,1H3,(H,29,32)/t19-,26+/m0/s1. The molecule has 0 unspecified atom stereocenters. The maximum absolute atomic E-state index is 12.8. The number of nitrogens with zero attached hydrogens (tertiary/aromatic N) is 3. The van der Waals surface area contributed by atoms with Crippen molar-refractivity contribution in [2.75, 3.05) is 13.1 Å². The summed E-state index contributed by atoms with van der Waals surface area (Å²) in [6.07, 6.45) is 4.15. The molecule has 6 heteroatoms. The molecule has 1 amide bonds. The first-order chi connectivity index (χ1) is 16.1. The van der Waals surface area contributed by atoms with Crippen molar-refractivity contribution in [3.05, 3.63) is 89.2 Å². The molecule has 2 fully saturated rings. The Morgan fingerprint density at radius 3 is 2.61 bits per heavy atom. The van der Waals surface area contributed by atoms with Crippen LogP contribution in [0.4, 0.5) is 0 Å². The van der Waals surface area contributed by atoms with Crippen LogP contribution in [0.2, 0.25) is 0 Å². The predicted molar refractivity (Wildman–Crippen MR) is 127 cm³/mol. The summed E-state index contributed by atoms with van der Waals surface area (Å²) in [5.74, 6) is 1.69. The van der Waals surface area contributed by atoms with Gasteiger partial charge in [-0.25, -0.2) is 0 Å². The topological polar surface area (TPSA) is 67.3 Å². The van der Waals surface area contributed by atoms with Crippen molar-refractivity contribution in [1.82, 2.24) is 20.4 Å². The minimum Gasteiger partial charge on any atom is -0.489 e. The lowest BCUT2D eigenvalue weighted by Gasteiger charge is -2.17. The van der Waals surface area contributed by atoms with Crippen LogP contribution in [0, 0.1) is 5.92 Å². The number of carbonyl (C=O) groups is 1. The van der Waals surface area contributed by atoms with E-state index in [4.69, 9.17) is 4.74 Å². The zero-order chi connectivity index (χ0) is 22.6. The highest BCUT2D eigenvalue weighted by molar-refractivity contribution is 5.92. The number of benzene rings is 2. The van der Waals surface area contributed by atoms with Gasteiger partial charge in [0.05, 0.1) is 6.20 Å². The maximum Gasteiger partial charge on any atom is 0.272 e. The molecule has 1 saturated carbocycles. The number of ether oxygens (including phenoxy) is 1. The Morgan fingerprint density at radius 1 is 1.06 bits per heavy atom. The van der Waals surface area contributed by atoms with Crippen molar-refractivity contribution >= 4 is 5.91 Å². The number of aromatic nitrogens is 2. The van der Waals surface area contributed by atoms with Gasteiger partial charge in [0.15, 0.2) is 5.69 Å². The second-order valence-corrected chi connectivity index (χ2v) is 9.32. The molecule has 0 bridgehead atoms. The number of carbonyl (C=O) groups excluding carboxylic acids is 1. The molecular weight excluding hydrogens is 412 g/mol. The summed E-state index contributed by atoms with van der Waals surface area (Å²) in [4.78, 5) is 15.2. The molecule has 1 aromatic heterocycles. The molecule has 1 aliphatic heterocycles. The van der Waals surface area contributed by atoms with Crippen molar-refractivity contribution < 1.29 is 9.53 Å². The SMILES string of the molecule is C[C@H]1CN(Cc2ccc(OCc3ccccc3)cc2)C[C@H]1NC(=O)c1cc(C2CC2)cnn1. The fourth-order valence-electron chi connectivity index (χ4n) is 4.45. The van der Waals surface area contributed by atoms with Crippen LogP contribution in [0.25, 0.3) is 0 Å². The average Bonchev–Trinajstić information content (AvgIpc) is 3.64. The molecule has 0 radical (unpaired) electrons. The van der Waals surface area contributed by atoms with Gasteiger partial charge in [-0.05, 0) is 59.6 Å². The van der Waals surface area contributed by atoms with Crippen LogP contribution in [0.15, 0.2) is 66.9 Å². The van der Waals surface area contributed by atoms with Crippen LogP contribution in [0.3, 0.4) is 0 Å². The van der Waals surface area contributed by atoms with E-state index in [9.17, 15) is 4.79 Å². The highest BCUT2D eigenvalue weighted by Gasteiger charge is 2.31. The Morgan fingerprint density at radius 2 is 1.85 bits per heavy atom. The first-order valence-electron chi connectivity index (χ1n) is 11.8. The van der Waals surface area contributed by atoms with E-state index in [0.717, 1.165) is 36.5 Å². The van der Waals surface area contributed by atoms with Crippen LogP contribution in [0.5, 0.6) is 5.75 Å². The summed E-state index contributed by atoms with van der Waals surface area (Å²) in [5, 5.41) is 11.3. The molecule has 170 valence electrons. The highest BCUT2D eigenvalue weighted by atomic mass is 16.5. The van der Waals surface area contributed by atoms with E-state index in [1.165, 1.54) is 18.4 Å². The third-order valence-electron chi connectivity index (χ3n) is 6.54. The zero-order valence-corrected chi connectivity index (χ0v) is 19.0. The summed E-state index contributed by atoms with van der Waals surface area (Å²) < 4.78 is 5.89. The molecule has 2 aromatic carbocycles. The highest BCUT2D eigenvalue weighted by Crippen LogP contribution is 2.39. The fourth-order valence-corrected chi connectivity index (χ4v) is 4.45. The van der Waals surface area contributed by atoms with Crippen LogP contribution < -0.4 is 10.1 Å². The Balaban J connectivity index is 1.12. The van der Waals surface area contributed by atoms with Gasteiger partial charge in [-0.3, -0.25) is 9.69 Å². The monoisotopic (exact) mass is 442 g/mol. The van der Waals surface area contributed by atoms with Crippen molar-refractivity contribution in [3.8, 4) is 5.75 Å². The third-order valence-corrected chi connectivity index (χ3v) is 6.54. The van der Waals surface area contributed by atoms with Gasteiger partial charge in [0.25, 0.3) is 5.91 Å². The number of amides is 1. The van der Waals surface area contributed by atoms with E-state index in [2.05, 4.69) is 51.6 Å². The van der Waals surface area contributed by atoms with Gasteiger partial charge in [0.2, 0.25) is 0 Å². The fraction of sp³-hybridized carbons (Fsp3) is 0.370. The van der Waals surface area contributed by atoms with Gasteiger partial charge < -0.3 is 10.1 Å². The normalized spacial score (nSPS) is 20.5. The maximum atomic E-state index is 12.8. The Labute approximate surface area is 195 Å². The summed E-state index contributed by atoms with van der Waals surface area (Å²) in [6.45, 7) is 5.39. The van der Waals surface area contributed by atoms with E-state index >= 15 is 0 Å². The van der Waals surface area contributed by atoms with Crippen LogP contribution in [-0.4, -0.2) is 40.1 Å². The lowest BCUT2D eigenvalue weighted by atomic mass is 10.1. The van der Waals surface area contributed by atoms with Crippen LogP contribution in [-0.2, 0) is 13.2 Å². The summed E-state index contributed by atoms with van der Waals surface area (Å²) >= 11 is 0. The average molecular weight is 443 g/mol. The van der Waals surface area contributed by atoms with Crippen molar-refractivity contribution in [2.45, 2.75) is 44.9 Å². The zero-order valence-electron chi connectivity index (χ0n) is 19.0. The molecule has 1 N–H and O–H groups in total. The van der Waals surface area contributed by atoms with E-state index in [1.807, 2.05) is 36.4 Å². The van der Waals surface area contributed by atoms with Gasteiger partial charge in [-0.1, -0.05) is 49.4 Å². The Kier molecular flexibility index (Phi) is 6.35. The summed E-state index contributed by atoms with van der Waals surface area (Å²) in [7, 11) is 0. The number of hydrogen-bond acceptors (Lipinski definition) is 5. The summed E-state index contributed by atoms with van der Waals surface area (Å²) in [5.41, 5.74) is 3.96. The number of nitrogens with one attached hydrogen (secondary N) is 1. The molecule has 1 aliphatic carbocycles. The van der Waals surface area contributed by atoms with Crippen LogP contribution >= 0.6 is 0 Å². The molecule has 2 aliphatic rings. The van der Waals surface area contributed by atoms with Gasteiger partial charge in [0, 0.05) is 25.7 Å². The van der Waals surface area contributed by atoms with Gasteiger partial charge >= 0.3 is 0 Å². The van der Waals surface area contributed by atoms with E-state index in [1.54, 1.807) is 6.20 Å². The lowest BCUT2D eigenvalue weighted by Crippen LogP contribution is -2.40. The van der Waals surface area contributed by atoms with E-state index < -0.39 is 0 Å². The predicted octanol–water partition coefficient (Wildman–Crippen LogP) is 4.18. The first kappa shape index (κ1) is 21.6. The number of hydrogen-bond donors (Lipinski definition) is 1. The molecule has 33 heavy (non-hydrogen) atoms. The molecule has 6 nitrogen and oxygen atoms in total. The Bertz CT molecular complexity index is 1080. The first-order valence-corrected chi connectivity index (χ1v) is 11.8. The van der Waals surface area contributed by atoms with Gasteiger partial charge in [-0.2, -0.15) is 5.10 Å². The Hall–Kier alpha value is -3.25. The van der Waals surface area contributed by atoms with Crippen molar-refractivity contribution in [1.29, 1.82) is 0 Å². The minimum absolute atomic E-state index is 0.109. The molecule has 2 heterocycles. The largest absolute Gasteiger partial charge is 0.489 e. The quantitative estimate of drug-likeness (QED) is 0.567. The number of likely N-dealkylation sites (tertiary alicyclic amines) is 1. The van der Waals surface area contributed by atoms with Gasteiger partial charge in [0.1, 0.15) is 12.4 Å². The van der Waals surface area contributed by atoms with Gasteiger partial charge in [-0.15, -0.1) is 5.10 Å².